The zero-order chi connectivity index (χ0) is 11.3. The van der Waals surface area contributed by atoms with E-state index in [1.54, 1.807) is 25.1 Å². The van der Waals surface area contributed by atoms with E-state index in [9.17, 15) is 9.90 Å². The summed E-state index contributed by atoms with van der Waals surface area (Å²) in [6.45, 7) is 1.97. The average Bonchev–Trinajstić information content (AvgIpc) is 2.21. The molecule has 1 amide bonds. The Morgan fingerprint density at radius 3 is 2.87 bits per heavy atom. The molecule has 0 aliphatic heterocycles. The van der Waals surface area contributed by atoms with Crippen LogP contribution < -0.4 is 10.1 Å². The number of hydrogen-bond acceptors (Lipinski definition) is 4. The first kappa shape index (κ1) is 11.2. The van der Waals surface area contributed by atoms with Gasteiger partial charge in [-0.05, 0) is 19.1 Å². The molecule has 0 aromatic heterocycles. The lowest BCUT2D eigenvalue weighted by Gasteiger charge is -2.09. The van der Waals surface area contributed by atoms with Crippen molar-refractivity contribution in [2.45, 2.75) is 6.92 Å². The first-order valence-corrected chi connectivity index (χ1v) is 4.48. The molecule has 15 heavy (non-hydrogen) atoms. The summed E-state index contributed by atoms with van der Waals surface area (Å²) in [5, 5.41) is 12.0. The van der Waals surface area contributed by atoms with Crippen LogP contribution in [0.15, 0.2) is 18.2 Å². The van der Waals surface area contributed by atoms with Gasteiger partial charge in [0.2, 0.25) is 0 Å². The predicted molar refractivity (Wildman–Crippen MR) is 55.3 cm³/mol. The van der Waals surface area contributed by atoms with Crippen LogP contribution in [0.4, 0.5) is 10.5 Å². The minimum Gasteiger partial charge on any atom is -0.503 e. The zero-order valence-electron chi connectivity index (χ0n) is 8.61. The first-order valence-electron chi connectivity index (χ1n) is 4.48. The minimum atomic E-state index is -0.610. The lowest BCUT2D eigenvalue weighted by molar-refractivity contribution is 0.168. The van der Waals surface area contributed by atoms with E-state index in [2.05, 4.69) is 10.1 Å². The van der Waals surface area contributed by atoms with Crippen LogP contribution in [0.25, 0.3) is 0 Å². The van der Waals surface area contributed by atoms with E-state index >= 15 is 0 Å². The van der Waals surface area contributed by atoms with Gasteiger partial charge in [0.1, 0.15) is 0 Å². The lowest BCUT2D eigenvalue weighted by atomic mass is 10.2. The third-order valence-corrected chi connectivity index (χ3v) is 1.73. The van der Waals surface area contributed by atoms with Crippen LogP contribution in [0, 0.1) is 0 Å². The molecule has 0 aliphatic carbocycles. The number of hydrogen-bond donors (Lipinski definition) is 2. The van der Waals surface area contributed by atoms with Crippen molar-refractivity contribution in [1.29, 1.82) is 0 Å². The number of carbonyl (C=O) groups excluding carboxylic acids is 1. The number of anilines is 1. The normalized spacial score (nSPS) is 9.47. The quantitative estimate of drug-likeness (QED) is 0.750. The van der Waals surface area contributed by atoms with Crippen LogP contribution in [0.2, 0.25) is 0 Å². The highest BCUT2D eigenvalue weighted by molar-refractivity contribution is 5.87. The van der Waals surface area contributed by atoms with Crippen molar-refractivity contribution in [3.05, 3.63) is 18.2 Å². The van der Waals surface area contributed by atoms with E-state index in [0.29, 0.717) is 5.75 Å². The highest BCUT2D eigenvalue weighted by atomic mass is 16.5. The number of phenolic OH excluding ortho intramolecular Hbond substituents is 1. The second kappa shape index (κ2) is 5.09. The van der Waals surface area contributed by atoms with E-state index in [0.717, 1.165) is 0 Å². The third-order valence-electron chi connectivity index (χ3n) is 1.73. The smallest absolute Gasteiger partial charge is 0.411 e. The largest absolute Gasteiger partial charge is 0.503 e. The molecule has 0 aliphatic rings. The Labute approximate surface area is 87.6 Å². The Bertz CT molecular complexity index is 351. The Balaban J connectivity index is 2.81. The summed E-state index contributed by atoms with van der Waals surface area (Å²) in [4.78, 5) is 11.1. The Morgan fingerprint density at radius 1 is 1.53 bits per heavy atom. The average molecular weight is 211 g/mol. The van der Waals surface area contributed by atoms with Gasteiger partial charge in [-0.1, -0.05) is 6.07 Å². The maximum Gasteiger partial charge on any atom is 0.411 e. The van der Waals surface area contributed by atoms with E-state index < -0.39 is 6.09 Å². The van der Waals surface area contributed by atoms with Gasteiger partial charge < -0.3 is 14.6 Å². The fraction of sp³-hybridized carbons (Fsp3) is 0.300. The summed E-state index contributed by atoms with van der Waals surface area (Å²) in [5.74, 6) is 0.178. The van der Waals surface area contributed by atoms with E-state index in [1.165, 1.54) is 7.11 Å². The van der Waals surface area contributed by atoms with Gasteiger partial charge >= 0.3 is 6.09 Å². The van der Waals surface area contributed by atoms with Gasteiger partial charge in [-0.25, -0.2) is 4.79 Å². The molecule has 0 heterocycles. The van der Waals surface area contributed by atoms with Gasteiger partial charge in [-0.3, -0.25) is 5.32 Å². The molecule has 82 valence electrons. The van der Waals surface area contributed by atoms with Crippen molar-refractivity contribution in [1.82, 2.24) is 0 Å². The number of benzene rings is 1. The minimum absolute atomic E-state index is 0.118. The molecule has 0 atom stereocenters. The fourth-order valence-corrected chi connectivity index (χ4v) is 1.07. The Hall–Kier alpha value is -1.91. The lowest BCUT2D eigenvalue weighted by Crippen LogP contribution is -2.13. The molecule has 1 aromatic carbocycles. The number of para-hydroxylation sites is 1. The molecule has 0 spiro atoms. The SMILES string of the molecule is CCOC(=O)Nc1cccc(OC)c1O. The Kier molecular flexibility index (Phi) is 3.79. The number of aromatic hydroxyl groups is 1. The predicted octanol–water partition coefficient (Wildman–Crippen LogP) is 1.97. The molecule has 0 unspecified atom stereocenters. The molecular weight excluding hydrogens is 198 g/mol. The highest BCUT2D eigenvalue weighted by Gasteiger charge is 2.10. The van der Waals surface area contributed by atoms with E-state index in [4.69, 9.17) is 4.74 Å². The van der Waals surface area contributed by atoms with Crippen LogP contribution in [0.3, 0.4) is 0 Å². The molecule has 1 aromatic rings. The second-order valence-electron chi connectivity index (χ2n) is 2.70. The molecule has 0 radical (unpaired) electrons. The molecule has 5 nitrogen and oxygen atoms in total. The van der Waals surface area contributed by atoms with Crippen LogP contribution in [0.5, 0.6) is 11.5 Å². The summed E-state index contributed by atoms with van der Waals surface area (Å²) in [6.07, 6.45) is -0.610. The van der Waals surface area contributed by atoms with Crippen molar-refractivity contribution in [2.24, 2.45) is 0 Å². The number of phenols is 1. The maximum absolute atomic E-state index is 11.1. The topological polar surface area (TPSA) is 67.8 Å². The molecule has 0 saturated carbocycles. The van der Waals surface area contributed by atoms with Gasteiger partial charge in [0.05, 0.1) is 19.4 Å². The summed E-state index contributed by atoms with van der Waals surface area (Å²) in [6, 6.07) is 4.79. The molecular formula is C10H13NO4. The highest BCUT2D eigenvalue weighted by Crippen LogP contribution is 2.33. The molecule has 0 bridgehead atoms. The number of methoxy groups -OCH3 is 1. The van der Waals surface area contributed by atoms with Crippen LogP contribution in [-0.2, 0) is 4.74 Å². The van der Waals surface area contributed by atoms with Crippen molar-refractivity contribution >= 4 is 11.8 Å². The molecule has 5 heteroatoms. The summed E-state index contributed by atoms with van der Waals surface area (Å²) < 4.78 is 9.56. The number of amides is 1. The van der Waals surface area contributed by atoms with Gasteiger partial charge in [0, 0.05) is 0 Å². The summed E-state index contributed by atoms with van der Waals surface area (Å²) in [5.41, 5.74) is 0.257. The number of rotatable bonds is 3. The monoisotopic (exact) mass is 211 g/mol. The van der Waals surface area contributed by atoms with E-state index in [-0.39, 0.29) is 18.0 Å². The van der Waals surface area contributed by atoms with Crippen molar-refractivity contribution in [3.63, 3.8) is 0 Å². The van der Waals surface area contributed by atoms with Crippen LogP contribution in [-0.4, -0.2) is 24.9 Å². The van der Waals surface area contributed by atoms with Crippen molar-refractivity contribution < 1.29 is 19.4 Å². The third kappa shape index (κ3) is 2.77. The van der Waals surface area contributed by atoms with Crippen LogP contribution in [0.1, 0.15) is 6.92 Å². The zero-order valence-corrected chi connectivity index (χ0v) is 8.61. The first-order chi connectivity index (χ1) is 7.19. The van der Waals surface area contributed by atoms with Crippen molar-refractivity contribution in [3.8, 4) is 11.5 Å². The number of ether oxygens (including phenoxy) is 2. The molecule has 0 fully saturated rings. The standard InChI is InChI=1S/C10H13NO4/c1-3-15-10(13)11-7-5-4-6-8(14-2)9(7)12/h4-6,12H,3H2,1-2H3,(H,11,13). The Morgan fingerprint density at radius 2 is 2.27 bits per heavy atom. The van der Waals surface area contributed by atoms with Crippen molar-refractivity contribution in [2.75, 3.05) is 19.0 Å². The van der Waals surface area contributed by atoms with Crippen LogP contribution >= 0.6 is 0 Å². The maximum atomic E-state index is 11.1. The summed E-state index contributed by atoms with van der Waals surface area (Å²) in [7, 11) is 1.43. The second-order valence-corrected chi connectivity index (χ2v) is 2.70. The van der Waals surface area contributed by atoms with Gasteiger partial charge in [0.15, 0.2) is 11.5 Å². The van der Waals surface area contributed by atoms with Gasteiger partial charge in [-0.15, -0.1) is 0 Å². The van der Waals surface area contributed by atoms with Gasteiger partial charge in [-0.2, -0.15) is 0 Å². The molecule has 1 rings (SSSR count). The van der Waals surface area contributed by atoms with Gasteiger partial charge in [0.25, 0.3) is 0 Å². The molecule has 2 N–H and O–H groups in total. The fourth-order valence-electron chi connectivity index (χ4n) is 1.07. The molecule has 0 saturated heterocycles. The van der Waals surface area contributed by atoms with E-state index in [1.807, 2.05) is 0 Å². The summed E-state index contributed by atoms with van der Waals surface area (Å²) >= 11 is 0. The number of nitrogens with one attached hydrogen (secondary N) is 1. The number of carbonyl (C=O) groups is 1.